The lowest BCUT2D eigenvalue weighted by Crippen LogP contribution is -2.45. The smallest absolute Gasteiger partial charge is 0.422 e. The lowest BCUT2D eigenvalue weighted by atomic mass is 9.95. The van der Waals surface area contributed by atoms with E-state index in [4.69, 9.17) is 4.74 Å². The lowest BCUT2D eigenvalue weighted by molar-refractivity contribution is -0.153. The number of amides is 2. The molecule has 1 unspecified atom stereocenters. The summed E-state index contributed by atoms with van der Waals surface area (Å²) in [7, 11) is 0. The van der Waals surface area contributed by atoms with Crippen molar-refractivity contribution in [3.05, 3.63) is 77.9 Å². The maximum absolute atomic E-state index is 13.2. The minimum atomic E-state index is -4.42. The maximum Gasteiger partial charge on any atom is 0.422 e. The van der Waals surface area contributed by atoms with Gasteiger partial charge in [-0.3, -0.25) is 9.59 Å². The standard InChI is InChI=1S/C26H25F3N2O3/c27-26(28,29)17-34-21-10-3-6-18(14-21)15-30-24(32)20-9-5-13-31(16-20)25(33)23-12-4-8-19-7-1-2-11-22(19)23/h1-4,6-8,10-12,14,20H,5,9,13,15-17H2,(H,30,32). The number of nitrogens with zero attached hydrogens (tertiary/aromatic N) is 1. The number of halogens is 3. The summed E-state index contributed by atoms with van der Waals surface area (Å²) in [6.45, 7) is -0.297. The van der Waals surface area contributed by atoms with Crippen LogP contribution in [0.2, 0.25) is 0 Å². The minimum Gasteiger partial charge on any atom is -0.484 e. The number of carbonyl (C=O) groups is 2. The highest BCUT2D eigenvalue weighted by Gasteiger charge is 2.30. The molecule has 3 aromatic rings. The zero-order valence-corrected chi connectivity index (χ0v) is 18.5. The summed E-state index contributed by atoms with van der Waals surface area (Å²) < 4.78 is 41.9. The Hall–Kier alpha value is -3.55. The van der Waals surface area contributed by atoms with Gasteiger partial charge in [0.25, 0.3) is 5.91 Å². The molecule has 1 heterocycles. The summed E-state index contributed by atoms with van der Waals surface area (Å²) in [5.41, 5.74) is 1.25. The Labute approximate surface area is 195 Å². The van der Waals surface area contributed by atoms with Crippen molar-refractivity contribution in [3.8, 4) is 5.75 Å². The van der Waals surface area contributed by atoms with Gasteiger partial charge in [-0.15, -0.1) is 0 Å². The van der Waals surface area contributed by atoms with Crippen molar-refractivity contribution >= 4 is 22.6 Å². The van der Waals surface area contributed by atoms with Gasteiger partial charge in [0.15, 0.2) is 6.61 Å². The van der Waals surface area contributed by atoms with Gasteiger partial charge in [-0.1, -0.05) is 48.5 Å². The van der Waals surface area contributed by atoms with Gasteiger partial charge >= 0.3 is 6.18 Å². The molecule has 0 bridgehead atoms. The van der Waals surface area contributed by atoms with Gasteiger partial charge in [-0.25, -0.2) is 0 Å². The molecule has 34 heavy (non-hydrogen) atoms. The van der Waals surface area contributed by atoms with E-state index in [1.165, 1.54) is 12.1 Å². The second kappa shape index (κ2) is 10.2. The summed E-state index contributed by atoms with van der Waals surface area (Å²) in [6, 6.07) is 19.5. The maximum atomic E-state index is 13.2. The van der Waals surface area contributed by atoms with E-state index in [1.54, 1.807) is 17.0 Å². The number of fused-ring (bicyclic) bond motifs is 1. The molecule has 0 spiro atoms. The number of benzene rings is 3. The highest BCUT2D eigenvalue weighted by Crippen LogP contribution is 2.24. The molecule has 178 valence electrons. The highest BCUT2D eigenvalue weighted by atomic mass is 19.4. The third-order valence-electron chi connectivity index (χ3n) is 5.87. The monoisotopic (exact) mass is 470 g/mol. The molecule has 1 N–H and O–H groups in total. The van der Waals surface area contributed by atoms with Crippen LogP contribution in [0.1, 0.15) is 28.8 Å². The molecule has 1 atom stereocenters. The first-order chi connectivity index (χ1) is 16.3. The number of hydrogen-bond donors (Lipinski definition) is 1. The van der Waals surface area contributed by atoms with Crippen LogP contribution in [0, 0.1) is 5.92 Å². The molecule has 3 aromatic carbocycles. The van der Waals surface area contributed by atoms with Crippen LogP contribution < -0.4 is 10.1 Å². The fraction of sp³-hybridized carbons (Fsp3) is 0.308. The summed E-state index contributed by atoms with van der Waals surface area (Å²) in [4.78, 5) is 27.8. The molecule has 1 saturated heterocycles. The third kappa shape index (κ3) is 5.87. The fourth-order valence-electron chi connectivity index (χ4n) is 4.20. The Morgan fingerprint density at radius 2 is 1.79 bits per heavy atom. The van der Waals surface area contributed by atoms with Gasteiger partial charge in [0.1, 0.15) is 5.75 Å². The Morgan fingerprint density at radius 3 is 2.62 bits per heavy atom. The molecule has 1 fully saturated rings. The fourth-order valence-corrected chi connectivity index (χ4v) is 4.20. The van der Waals surface area contributed by atoms with Gasteiger partial charge < -0.3 is 15.0 Å². The minimum absolute atomic E-state index is 0.0913. The quantitative estimate of drug-likeness (QED) is 0.555. The van der Waals surface area contributed by atoms with Gasteiger partial charge in [0.2, 0.25) is 5.91 Å². The van der Waals surface area contributed by atoms with Crippen molar-refractivity contribution in [3.63, 3.8) is 0 Å². The van der Waals surface area contributed by atoms with Crippen LogP contribution in [-0.4, -0.2) is 42.6 Å². The van der Waals surface area contributed by atoms with E-state index >= 15 is 0 Å². The zero-order chi connectivity index (χ0) is 24.1. The second-order valence-electron chi connectivity index (χ2n) is 8.39. The Balaban J connectivity index is 1.36. The number of rotatable bonds is 6. The number of piperidine rings is 1. The molecular formula is C26H25F3N2O3. The number of carbonyl (C=O) groups excluding carboxylic acids is 2. The molecule has 1 aliphatic heterocycles. The van der Waals surface area contributed by atoms with Gasteiger partial charge in [-0.05, 0) is 47.4 Å². The first-order valence-corrected chi connectivity index (χ1v) is 11.1. The van der Waals surface area contributed by atoms with Crippen LogP contribution in [-0.2, 0) is 11.3 Å². The van der Waals surface area contributed by atoms with Crippen molar-refractivity contribution in [2.45, 2.75) is 25.6 Å². The van der Waals surface area contributed by atoms with Crippen LogP contribution in [0.25, 0.3) is 10.8 Å². The molecule has 0 aromatic heterocycles. The van der Waals surface area contributed by atoms with E-state index in [9.17, 15) is 22.8 Å². The van der Waals surface area contributed by atoms with Crippen molar-refractivity contribution in [1.29, 1.82) is 0 Å². The number of hydrogen-bond acceptors (Lipinski definition) is 3. The van der Waals surface area contributed by atoms with Crippen molar-refractivity contribution in [2.24, 2.45) is 5.92 Å². The zero-order valence-electron chi connectivity index (χ0n) is 18.5. The molecule has 1 aliphatic rings. The summed E-state index contributed by atoms with van der Waals surface area (Å²) in [5.74, 6) is -0.535. The molecule has 5 nitrogen and oxygen atoms in total. The van der Waals surface area contributed by atoms with Crippen LogP contribution >= 0.6 is 0 Å². The van der Waals surface area contributed by atoms with Crippen LogP contribution in [0.5, 0.6) is 5.75 Å². The van der Waals surface area contributed by atoms with Crippen LogP contribution in [0.4, 0.5) is 13.2 Å². The van der Waals surface area contributed by atoms with Gasteiger partial charge in [0, 0.05) is 25.2 Å². The number of alkyl halides is 3. The number of nitrogens with one attached hydrogen (secondary N) is 1. The average molecular weight is 470 g/mol. The van der Waals surface area contributed by atoms with Crippen LogP contribution in [0.15, 0.2) is 66.7 Å². The van der Waals surface area contributed by atoms with Crippen molar-refractivity contribution < 1.29 is 27.5 Å². The van der Waals surface area contributed by atoms with Crippen molar-refractivity contribution in [1.82, 2.24) is 10.2 Å². The third-order valence-corrected chi connectivity index (χ3v) is 5.87. The predicted octanol–water partition coefficient (Wildman–Crippen LogP) is 4.95. The topological polar surface area (TPSA) is 58.6 Å². The molecule has 4 rings (SSSR count). The SMILES string of the molecule is O=C(NCc1cccc(OCC(F)(F)F)c1)C1CCCN(C(=O)c2cccc3ccccc23)C1. The van der Waals surface area contributed by atoms with Crippen molar-refractivity contribution in [2.75, 3.05) is 19.7 Å². The van der Waals surface area contributed by atoms with E-state index in [2.05, 4.69) is 5.32 Å². The average Bonchev–Trinajstić information content (AvgIpc) is 2.85. The molecule has 2 amide bonds. The Kier molecular flexibility index (Phi) is 7.05. The summed E-state index contributed by atoms with van der Waals surface area (Å²) >= 11 is 0. The second-order valence-corrected chi connectivity index (χ2v) is 8.39. The Morgan fingerprint density at radius 1 is 1.03 bits per heavy atom. The molecule has 0 saturated carbocycles. The highest BCUT2D eigenvalue weighted by molar-refractivity contribution is 6.07. The van der Waals surface area contributed by atoms with Gasteiger partial charge in [0.05, 0.1) is 5.92 Å². The predicted molar refractivity (Wildman–Crippen MR) is 122 cm³/mol. The van der Waals surface area contributed by atoms with Gasteiger partial charge in [-0.2, -0.15) is 13.2 Å². The van der Waals surface area contributed by atoms with E-state index in [0.29, 0.717) is 30.6 Å². The molecule has 0 aliphatic carbocycles. The van der Waals surface area contributed by atoms with E-state index in [-0.39, 0.29) is 30.0 Å². The number of ether oxygens (including phenoxy) is 1. The Bertz CT molecular complexity index is 1170. The van der Waals surface area contributed by atoms with E-state index in [0.717, 1.165) is 17.2 Å². The van der Waals surface area contributed by atoms with E-state index < -0.39 is 12.8 Å². The normalized spacial score (nSPS) is 16.3. The largest absolute Gasteiger partial charge is 0.484 e. The molecular weight excluding hydrogens is 445 g/mol. The first-order valence-electron chi connectivity index (χ1n) is 11.1. The van der Waals surface area contributed by atoms with Crippen LogP contribution in [0.3, 0.4) is 0 Å². The molecule has 0 radical (unpaired) electrons. The molecule has 8 heteroatoms. The lowest BCUT2D eigenvalue weighted by Gasteiger charge is -2.32. The van der Waals surface area contributed by atoms with E-state index in [1.807, 2.05) is 42.5 Å². The summed E-state index contributed by atoms with van der Waals surface area (Å²) in [6.07, 6.45) is -3.03. The summed E-state index contributed by atoms with van der Waals surface area (Å²) in [5, 5.41) is 4.71. The first kappa shape index (κ1) is 23.6. The number of likely N-dealkylation sites (tertiary alicyclic amines) is 1.